The number of allylic oxidation sites excluding steroid dienone is 4. The summed E-state index contributed by atoms with van der Waals surface area (Å²) in [6.07, 6.45) is 9.15. The monoisotopic (exact) mass is 791 g/mol. The largest absolute Gasteiger partial charge is 0.457 e. The van der Waals surface area contributed by atoms with Crippen molar-refractivity contribution in [3.63, 3.8) is 0 Å². The Hall–Kier alpha value is -7.95. The molecule has 0 radical (unpaired) electrons. The van der Waals surface area contributed by atoms with Gasteiger partial charge in [-0.15, -0.1) is 0 Å². The van der Waals surface area contributed by atoms with E-state index >= 15 is 0 Å². The van der Waals surface area contributed by atoms with Crippen molar-refractivity contribution >= 4 is 32.3 Å². The lowest BCUT2D eigenvalue weighted by molar-refractivity contribution is 0.374. The van der Waals surface area contributed by atoms with Gasteiger partial charge in [0.2, 0.25) is 0 Å². The fourth-order valence-electron chi connectivity index (χ4n) is 10.8. The van der Waals surface area contributed by atoms with Gasteiger partial charge in [-0.3, -0.25) is 0 Å². The van der Waals surface area contributed by atoms with Gasteiger partial charge in [-0.2, -0.15) is 0 Å². The van der Waals surface area contributed by atoms with Gasteiger partial charge in [0.1, 0.15) is 11.5 Å². The van der Waals surface area contributed by atoms with Crippen LogP contribution in [0, 0.1) is 5.92 Å². The van der Waals surface area contributed by atoms with Crippen molar-refractivity contribution in [2.24, 2.45) is 5.92 Å². The first kappa shape index (κ1) is 34.9. The number of hydrogen-bond acceptors (Lipinski definition) is 4. The second-order valence-corrected chi connectivity index (χ2v) is 16.6. The molecule has 0 saturated carbocycles. The maximum Gasteiger partial charge on any atom is 0.164 e. The number of ether oxygens (including phenoxy) is 1. The Labute approximate surface area is 359 Å². The lowest BCUT2D eigenvalue weighted by Crippen LogP contribution is -2.37. The molecule has 13 rings (SSSR count). The summed E-state index contributed by atoms with van der Waals surface area (Å²) in [4.78, 5) is 15.5. The first-order valence-electron chi connectivity index (χ1n) is 21.3. The highest BCUT2D eigenvalue weighted by Crippen LogP contribution is 2.64. The van der Waals surface area contributed by atoms with Crippen molar-refractivity contribution in [1.29, 1.82) is 0 Å². The summed E-state index contributed by atoms with van der Waals surface area (Å²) >= 11 is 0. The fourth-order valence-corrected chi connectivity index (χ4v) is 10.8. The van der Waals surface area contributed by atoms with Crippen LogP contribution in [0.5, 0.6) is 11.5 Å². The van der Waals surface area contributed by atoms with E-state index in [4.69, 9.17) is 19.7 Å². The van der Waals surface area contributed by atoms with Gasteiger partial charge in [-0.1, -0.05) is 188 Å². The van der Waals surface area contributed by atoms with Gasteiger partial charge in [0.15, 0.2) is 17.5 Å². The minimum Gasteiger partial charge on any atom is -0.457 e. The second-order valence-electron chi connectivity index (χ2n) is 16.6. The highest BCUT2D eigenvalue weighted by molar-refractivity contribution is 6.25. The zero-order chi connectivity index (χ0) is 40.8. The van der Waals surface area contributed by atoms with E-state index in [2.05, 4.69) is 194 Å². The van der Waals surface area contributed by atoms with Gasteiger partial charge in [0, 0.05) is 39.7 Å². The number of hydrogen-bond donors (Lipinski definition) is 0. The molecule has 3 unspecified atom stereocenters. The molecule has 2 heterocycles. The first-order valence-corrected chi connectivity index (χ1v) is 21.3. The van der Waals surface area contributed by atoms with Gasteiger partial charge in [-0.25, -0.2) is 15.0 Å². The summed E-state index contributed by atoms with van der Waals surface area (Å²) < 4.78 is 6.88. The van der Waals surface area contributed by atoms with Crippen LogP contribution < -0.4 is 4.74 Å². The molecule has 0 saturated heterocycles. The highest BCUT2D eigenvalue weighted by atomic mass is 16.5. The summed E-state index contributed by atoms with van der Waals surface area (Å²) in [6, 6.07) is 67.1. The van der Waals surface area contributed by atoms with E-state index in [1.807, 2.05) is 18.2 Å². The smallest absolute Gasteiger partial charge is 0.164 e. The molecule has 1 aliphatic heterocycles. The molecule has 3 aliphatic rings. The predicted octanol–water partition coefficient (Wildman–Crippen LogP) is 14.3. The Morgan fingerprint density at radius 2 is 0.887 bits per heavy atom. The van der Waals surface area contributed by atoms with E-state index in [1.165, 1.54) is 49.0 Å². The van der Waals surface area contributed by atoms with Crippen LogP contribution in [0.15, 0.2) is 212 Å². The third-order valence-corrected chi connectivity index (χ3v) is 13.4. The van der Waals surface area contributed by atoms with Crippen LogP contribution in [0.1, 0.15) is 28.2 Å². The average molecular weight is 792 g/mol. The summed E-state index contributed by atoms with van der Waals surface area (Å²) in [5.74, 6) is 3.98. The van der Waals surface area contributed by atoms with Crippen molar-refractivity contribution in [3.8, 4) is 56.8 Å². The van der Waals surface area contributed by atoms with E-state index in [0.717, 1.165) is 44.9 Å². The van der Waals surface area contributed by atoms with Crippen molar-refractivity contribution < 1.29 is 4.74 Å². The zero-order valence-electron chi connectivity index (χ0n) is 33.6. The van der Waals surface area contributed by atoms with Crippen molar-refractivity contribution in [3.05, 3.63) is 235 Å². The van der Waals surface area contributed by atoms with Gasteiger partial charge in [0.25, 0.3) is 0 Å². The van der Waals surface area contributed by atoms with Crippen LogP contribution in [0.3, 0.4) is 0 Å². The third-order valence-electron chi connectivity index (χ3n) is 13.4. The summed E-state index contributed by atoms with van der Waals surface area (Å²) in [5, 5.41) is 7.54. The molecule has 0 bridgehead atoms. The third kappa shape index (κ3) is 5.10. The molecule has 9 aromatic carbocycles. The molecule has 3 atom stereocenters. The van der Waals surface area contributed by atoms with Crippen LogP contribution in [-0.2, 0) is 5.41 Å². The molecule has 1 spiro atoms. The van der Waals surface area contributed by atoms with E-state index < -0.39 is 5.41 Å². The molecule has 0 fully saturated rings. The van der Waals surface area contributed by atoms with Crippen molar-refractivity contribution in [2.75, 3.05) is 0 Å². The van der Waals surface area contributed by atoms with E-state index in [0.29, 0.717) is 17.5 Å². The molecular weight excluding hydrogens is 755 g/mol. The Kier molecular flexibility index (Phi) is 7.61. The van der Waals surface area contributed by atoms with Crippen LogP contribution >= 0.6 is 0 Å². The molecule has 0 amide bonds. The molecule has 0 N–H and O–H groups in total. The van der Waals surface area contributed by atoms with Crippen LogP contribution in [-0.4, -0.2) is 15.0 Å². The Bertz CT molecular complexity index is 3500. The molecule has 62 heavy (non-hydrogen) atoms. The lowest BCUT2D eigenvalue weighted by atomic mass is 9.62. The zero-order valence-corrected chi connectivity index (χ0v) is 33.6. The van der Waals surface area contributed by atoms with Crippen LogP contribution in [0.25, 0.3) is 77.6 Å². The first-order chi connectivity index (χ1) is 30.7. The number of rotatable bonds is 4. The van der Waals surface area contributed by atoms with Gasteiger partial charge in [0.05, 0.1) is 5.41 Å². The van der Waals surface area contributed by atoms with Crippen LogP contribution in [0.4, 0.5) is 0 Å². The average Bonchev–Trinajstić information content (AvgIpc) is 3.64. The quantitative estimate of drug-likeness (QED) is 0.167. The number of fused-ring (bicyclic) bond motifs is 15. The summed E-state index contributed by atoms with van der Waals surface area (Å²) in [6.45, 7) is 0. The molecule has 2 aliphatic carbocycles. The maximum absolute atomic E-state index is 6.88. The van der Waals surface area contributed by atoms with Crippen LogP contribution in [0.2, 0.25) is 0 Å². The molecule has 1 aromatic heterocycles. The Balaban J connectivity index is 0.961. The predicted molar refractivity (Wildman–Crippen MR) is 251 cm³/mol. The topological polar surface area (TPSA) is 47.9 Å². The second kappa shape index (κ2) is 13.5. The van der Waals surface area contributed by atoms with Crippen molar-refractivity contribution in [1.82, 2.24) is 15.0 Å². The maximum atomic E-state index is 6.88. The van der Waals surface area contributed by atoms with Crippen molar-refractivity contribution in [2.45, 2.75) is 11.3 Å². The molecule has 290 valence electrons. The lowest BCUT2D eigenvalue weighted by Gasteiger charge is -2.43. The Morgan fingerprint density at radius 3 is 1.66 bits per heavy atom. The minimum absolute atomic E-state index is 0.195. The normalized spacial score (nSPS) is 18.1. The fraction of sp³-hybridized carbons (Fsp3) is 0.0517. The molecular formula is C58H37N3O. The molecule has 4 heteroatoms. The van der Waals surface area contributed by atoms with E-state index in [9.17, 15) is 0 Å². The summed E-state index contributed by atoms with van der Waals surface area (Å²) in [7, 11) is 0. The Morgan fingerprint density at radius 1 is 0.355 bits per heavy atom. The molecule has 10 aromatic rings. The van der Waals surface area contributed by atoms with E-state index in [1.54, 1.807) is 0 Å². The number of benzene rings is 9. The number of aromatic nitrogens is 3. The molecule has 4 nitrogen and oxygen atoms in total. The SMILES string of the molecule is C1=CC2c3ccccc3C3(c4ccccc4Oc4cc(-c5nc(-c6ccccc6)nc(-c6cccc(-c7ccc8c9ccccc9c9ccccc9c8c7)c6)n5)ccc43)C2C=C1. The van der Waals surface area contributed by atoms with Gasteiger partial charge >= 0.3 is 0 Å². The number of nitrogens with zero attached hydrogens (tertiary/aromatic N) is 3. The highest BCUT2D eigenvalue weighted by Gasteiger charge is 2.56. The van der Waals surface area contributed by atoms with E-state index in [-0.39, 0.29) is 11.8 Å². The van der Waals surface area contributed by atoms with Gasteiger partial charge < -0.3 is 4.74 Å². The minimum atomic E-state index is -0.423. The summed E-state index contributed by atoms with van der Waals surface area (Å²) in [5.41, 5.74) is 9.57. The number of para-hydroxylation sites is 1. The standard InChI is InChI=1S/C58H37N3O/c1-2-15-36(16-3-1)55-59-56(39-18-14-17-37(33-39)38-29-31-45-43-21-5-4-19-41(43)42-20-6-7-22-44(42)48(45)34-38)61-57(60-55)40-30-32-52-54(35-40)62-53-28-13-12-27-51(53)58(52)49-25-10-8-23-46(49)47-24-9-11-26-50(47)58/h1-35,46,49H. The van der Waals surface area contributed by atoms with Gasteiger partial charge in [-0.05, 0) is 78.8 Å².